The molecule has 1 aliphatic rings. The molecule has 5 N–H and O–H groups in total. The second kappa shape index (κ2) is 8.90. The minimum Gasteiger partial charge on any atom is -0.444 e. The average Bonchev–Trinajstić information content (AvgIpc) is 2.59. The van der Waals surface area contributed by atoms with Gasteiger partial charge in [-0.05, 0) is 51.8 Å². The third kappa shape index (κ3) is 6.90. The lowest BCUT2D eigenvalue weighted by Gasteiger charge is -2.34. The number of rotatable bonds is 4. The SMILES string of the molecule is CC(C)(C)OC(=O)NC1CCN(c2cc(C(=O)N=C(N)N)cc(S(C)(=O)=O)c2)CC1. The molecular weight excluding hydrogens is 410 g/mol. The second-order valence-corrected chi connectivity index (χ2v) is 10.3. The Labute approximate surface area is 176 Å². The van der Waals surface area contributed by atoms with Gasteiger partial charge in [0.25, 0.3) is 5.91 Å². The van der Waals surface area contributed by atoms with Crippen molar-refractivity contribution in [3.05, 3.63) is 23.8 Å². The Bertz CT molecular complexity index is 941. The van der Waals surface area contributed by atoms with Crippen LogP contribution in [-0.4, -0.2) is 57.4 Å². The van der Waals surface area contributed by atoms with E-state index in [1.807, 2.05) is 4.90 Å². The molecule has 166 valence electrons. The molecule has 0 aliphatic carbocycles. The van der Waals surface area contributed by atoms with Crippen LogP contribution < -0.4 is 21.7 Å². The number of alkyl carbamates (subject to hydrolysis) is 1. The number of aliphatic imine (C=N–C) groups is 1. The Morgan fingerprint density at radius 3 is 2.27 bits per heavy atom. The van der Waals surface area contributed by atoms with Crippen molar-refractivity contribution in [1.29, 1.82) is 0 Å². The fourth-order valence-electron chi connectivity index (χ4n) is 3.04. The predicted octanol–water partition coefficient (Wildman–Crippen LogP) is 0.997. The van der Waals surface area contributed by atoms with E-state index >= 15 is 0 Å². The van der Waals surface area contributed by atoms with Crippen LogP contribution in [0.5, 0.6) is 0 Å². The minimum atomic E-state index is -3.56. The van der Waals surface area contributed by atoms with Crippen LogP contribution >= 0.6 is 0 Å². The predicted molar refractivity (Wildman–Crippen MR) is 114 cm³/mol. The number of carbonyl (C=O) groups is 2. The summed E-state index contributed by atoms with van der Waals surface area (Å²) in [7, 11) is -3.56. The lowest BCUT2D eigenvalue weighted by atomic mass is 10.0. The molecule has 0 unspecified atom stereocenters. The minimum absolute atomic E-state index is 0.00291. The van der Waals surface area contributed by atoms with E-state index in [0.29, 0.717) is 31.6 Å². The number of carbonyl (C=O) groups excluding carboxylic acids is 2. The van der Waals surface area contributed by atoms with Crippen LogP contribution in [-0.2, 0) is 14.6 Å². The molecule has 1 fully saturated rings. The lowest BCUT2D eigenvalue weighted by Crippen LogP contribution is -2.46. The molecule has 1 aromatic rings. The van der Waals surface area contributed by atoms with Crippen LogP contribution in [0.1, 0.15) is 44.0 Å². The Morgan fingerprint density at radius 1 is 1.17 bits per heavy atom. The van der Waals surface area contributed by atoms with E-state index in [1.54, 1.807) is 26.8 Å². The zero-order valence-electron chi connectivity index (χ0n) is 17.6. The van der Waals surface area contributed by atoms with Crippen LogP contribution in [0.2, 0.25) is 0 Å². The Kier molecular flexibility index (Phi) is 6.96. The molecule has 0 bridgehead atoms. The van der Waals surface area contributed by atoms with Crippen molar-refractivity contribution < 1.29 is 22.7 Å². The van der Waals surface area contributed by atoms with Crippen molar-refractivity contribution in [2.24, 2.45) is 16.5 Å². The topological polar surface area (TPSA) is 157 Å². The summed E-state index contributed by atoms with van der Waals surface area (Å²) in [5, 5.41) is 2.85. The standard InChI is InChI=1S/C19H29N5O5S/c1-19(2,3)29-18(26)22-13-5-7-24(8-6-13)14-9-12(16(25)23-17(20)21)10-15(11-14)30(4,27)28/h9-11,13H,5-8H2,1-4H3,(H,22,26)(H4,20,21,23,25). The second-order valence-electron chi connectivity index (χ2n) is 8.24. The maximum atomic E-state index is 12.2. The van der Waals surface area contributed by atoms with Crippen molar-refractivity contribution in [2.75, 3.05) is 24.2 Å². The summed E-state index contributed by atoms with van der Waals surface area (Å²) in [6.45, 7) is 6.51. The van der Waals surface area contributed by atoms with Gasteiger partial charge in [-0.3, -0.25) is 4.79 Å². The van der Waals surface area contributed by atoms with Crippen molar-refractivity contribution in [1.82, 2.24) is 5.32 Å². The summed E-state index contributed by atoms with van der Waals surface area (Å²) in [4.78, 5) is 29.6. The maximum absolute atomic E-state index is 12.2. The molecule has 2 rings (SSSR count). The quantitative estimate of drug-likeness (QED) is 0.463. The van der Waals surface area contributed by atoms with Gasteiger partial charge in [0.2, 0.25) is 0 Å². The first-order valence-corrected chi connectivity index (χ1v) is 11.4. The fraction of sp³-hybridized carbons (Fsp3) is 0.526. The third-order valence-corrected chi connectivity index (χ3v) is 5.47. The lowest BCUT2D eigenvalue weighted by molar-refractivity contribution is 0.0497. The van der Waals surface area contributed by atoms with E-state index in [4.69, 9.17) is 16.2 Å². The first-order valence-electron chi connectivity index (χ1n) is 9.48. The Hall–Kier alpha value is -2.82. The number of nitrogens with two attached hydrogens (primary N) is 2. The van der Waals surface area contributed by atoms with E-state index in [0.717, 1.165) is 6.26 Å². The molecule has 11 heteroatoms. The summed E-state index contributed by atoms with van der Waals surface area (Å²) >= 11 is 0. The number of guanidine groups is 1. The van der Waals surface area contributed by atoms with E-state index < -0.39 is 33.4 Å². The highest BCUT2D eigenvalue weighted by Gasteiger charge is 2.25. The first kappa shape index (κ1) is 23.5. The van der Waals surface area contributed by atoms with Gasteiger partial charge in [0, 0.05) is 36.6 Å². The Morgan fingerprint density at radius 2 is 1.77 bits per heavy atom. The first-order chi connectivity index (χ1) is 13.7. The Balaban J connectivity index is 2.17. The number of ether oxygens (including phenoxy) is 1. The normalized spacial score (nSPS) is 15.4. The zero-order valence-corrected chi connectivity index (χ0v) is 18.5. The molecule has 1 saturated heterocycles. The number of nitrogens with one attached hydrogen (secondary N) is 1. The van der Waals surface area contributed by atoms with Crippen LogP contribution in [0.15, 0.2) is 28.1 Å². The average molecular weight is 440 g/mol. The van der Waals surface area contributed by atoms with Crippen LogP contribution in [0.25, 0.3) is 0 Å². The van der Waals surface area contributed by atoms with Gasteiger partial charge in [-0.15, -0.1) is 0 Å². The number of amides is 2. The summed E-state index contributed by atoms with van der Waals surface area (Å²) in [6, 6.07) is 4.27. The summed E-state index contributed by atoms with van der Waals surface area (Å²) in [5.74, 6) is -1.12. The number of sulfone groups is 1. The van der Waals surface area contributed by atoms with E-state index in [2.05, 4.69) is 10.3 Å². The van der Waals surface area contributed by atoms with Crippen molar-refractivity contribution >= 4 is 33.5 Å². The zero-order chi connectivity index (χ0) is 22.7. The van der Waals surface area contributed by atoms with Gasteiger partial charge < -0.3 is 26.4 Å². The van der Waals surface area contributed by atoms with Gasteiger partial charge in [0.15, 0.2) is 15.8 Å². The molecule has 1 aliphatic heterocycles. The number of hydrogen-bond donors (Lipinski definition) is 3. The van der Waals surface area contributed by atoms with Crippen molar-refractivity contribution in [3.63, 3.8) is 0 Å². The molecule has 0 saturated carbocycles. The summed E-state index contributed by atoms with van der Waals surface area (Å²) < 4.78 is 29.4. The molecule has 0 aromatic heterocycles. The number of hydrogen-bond acceptors (Lipinski definition) is 6. The summed E-state index contributed by atoms with van der Waals surface area (Å²) in [6.07, 6.45) is 1.88. The van der Waals surface area contributed by atoms with Gasteiger partial charge >= 0.3 is 6.09 Å². The smallest absolute Gasteiger partial charge is 0.407 e. The van der Waals surface area contributed by atoms with Gasteiger partial charge in [-0.2, -0.15) is 4.99 Å². The van der Waals surface area contributed by atoms with Gasteiger partial charge in [0.1, 0.15) is 5.60 Å². The largest absolute Gasteiger partial charge is 0.444 e. The highest BCUT2D eigenvalue weighted by atomic mass is 32.2. The van der Waals surface area contributed by atoms with E-state index in [-0.39, 0.29) is 16.5 Å². The molecular formula is C19H29N5O5S. The number of piperidine rings is 1. The monoisotopic (exact) mass is 439 g/mol. The number of anilines is 1. The van der Waals surface area contributed by atoms with Crippen LogP contribution in [0, 0.1) is 0 Å². The van der Waals surface area contributed by atoms with Gasteiger partial charge in [-0.25, -0.2) is 13.2 Å². The molecule has 0 radical (unpaired) electrons. The van der Waals surface area contributed by atoms with Crippen molar-refractivity contribution in [2.45, 2.75) is 50.2 Å². The molecule has 10 nitrogen and oxygen atoms in total. The molecule has 1 aromatic carbocycles. The highest BCUT2D eigenvalue weighted by Crippen LogP contribution is 2.26. The van der Waals surface area contributed by atoms with Gasteiger partial charge in [-0.1, -0.05) is 0 Å². The fourth-order valence-corrected chi connectivity index (χ4v) is 3.72. The van der Waals surface area contributed by atoms with E-state index in [1.165, 1.54) is 12.1 Å². The van der Waals surface area contributed by atoms with Crippen LogP contribution in [0.4, 0.5) is 10.5 Å². The number of nitrogens with zero attached hydrogens (tertiary/aromatic N) is 2. The highest BCUT2D eigenvalue weighted by molar-refractivity contribution is 7.90. The van der Waals surface area contributed by atoms with E-state index in [9.17, 15) is 18.0 Å². The van der Waals surface area contributed by atoms with Crippen LogP contribution in [0.3, 0.4) is 0 Å². The molecule has 2 amide bonds. The van der Waals surface area contributed by atoms with Gasteiger partial charge in [0.05, 0.1) is 4.90 Å². The molecule has 1 heterocycles. The summed E-state index contributed by atoms with van der Waals surface area (Å²) in [5.41, 5.74) is 10.6. The molecule has 0 spiro atoms. The maximum Gasteiger partial charge on any atom is 0.407 e. The molecule has 30 heavy (non-hydrogen) atoms. The third-order valence-electron chi connectivity index (χ3n) is 4.38. The molecule has 0 atom stereocenters. The number of benzene rings is 1. The van der Waals surface area contributed by atoms with Crippen molar-refractivity contribution in [3.8, 4) is 0 Å².